The van der Waals surface area contributed by atoms with Crippen LogP contribution >= 0.6 is 11.6 Å². The number of Topliss-reactive ketones (excluding diaryl/α,β-unsaturated/α-hetero) is 1. The number of hydrogen-bond acceptors (Lipinski definition) is 3. The second-order valence-electron chi connectivity index (χ2n) is 5.18. The van der Waals surface area contributed by atoms with Gasteiger partial charge in [-0.2, -0.15) is 0 Å². The summed E-state index contributed by atoms with van der Waals surface area (Å²) in [6, 6.07) is 11.5. The lowest BCUT2D eigenvalue weighted by atomic mass is 10.0. The van der Waals surface area contributed by atoms with E-state index in [1.165, 1.54) is 10.4 Å². The van der Waals surface area contributed by atoms with Gasteiger partial charge in [-0.25, -0.2) is 8.42 Å². The van der Waals surface area contributed by atoms with Crippen molar-refractivity contribution in [1.29, 1.82) is 0 Å². The van der Waals surface area contributed by atoms with E-state index in [0.29, 0.717) is 21.8 Å². The summed E-state index contributed by atoms with van der Waals surface area (Å²) in [5, 5.41) is 0.419. The molecule has 0 N–H and O–H groups in total. The quantitative estimate of drug-likeness (QED) is 0.844. The number of halogens is 1. The Morgan fingerprint density at radius 2 is 1.86 bits per heavy atom. The Kier molecular flexibility index (Phi) is 3.70. The number of benzene rings is 2. The third kappa shape index (κ3) is 2.40. The van der Waals surface area contributed by atoms with E-state index < -0.39 is 10.0 Å². The number of ketones is 1. The predicted octanol–water partition coefficient (Wildman–Crippen LogP) is 3.43. The number of hydrogen-bond donors (Lipinski definition) is 0. The normalized spacial score (nSPS) is 14.8. The zero-order valence-electron chi connectivity index (χ0n) is 11.9. The molecule has 2 aromatic rings. The molecule has 22 heavy (non-hydrogen) atoms. The summed E-state index contributed by atoms with van der Waals surface area (Å²) in [6.45, 7) is 1.90. The van der Waals surface area contributed by atoms with Crippen LogP contribution in [0.1, 0.15) is 22.3 Å². The first kappa shape index (κ1) is 15.1. The van der Waals surface area contributed by atoms with Crippen LogP contribution in [0, 0.1) is 6.92 Å². The second kappa shape index (κ2) is 5.41. The average molecular weight is 336 g/mol. The van der Waals surface area contributed by atoms with Crippen LogP contribution in [0.5, 0.6) is 0 Å². The van der Waals surface area contributed by atoms with Crippen molar-refractivity contribution in [2.24, 2.45) is 0 Å². The molecule has 0 atom stereocenters. The van der Waals surface area contributed by atoms with Crippen molar-refractivity contribution in [2.75, 3.05) is 10.8 Å². The molecule has 114 valence electrons. The first-order valence-corrected chi connectivity index (χ1v) is 8.64. The fourth-order valence-corrected chi connectivity index (χ4v) is 4.51. The molecule has 4 nitrogen and oxygen atoms in total. The second-order valence-corrected chi connectivity index (χ2v) is 7.44. The Balaban J connectivity index is 2.16. The maximum atomic E-state index is 12.9. The van der Waals surface area contributed by atoms with E-state index in [1.54, 1.807) is 43.3 Å². The van der Waals surface area contributed by atoms with Crippen LogP contribution in [0.2, 0.25) is 5.02 Å². The van der Waals surface area contributed by atoms with E-state index >= 15 is 0 Å². The Morgan fingerprint density at radius 1 is 1.14 bits per heavy atom. The summed E-state index contributed by atoms with van der Waals surface area (Å²) in [7, 11) is -3.70. The largest absolute Gasteiger partial charge is 0.294 e. The van der Waals surface area contributed by atoms with Gasteiger partial charge in [0.05, 0.1) is 10.6 Å². The third-order valence-corrected chi connectivity index (χ3v) is 5.94. The number of anilines is 1. The maximum absolute atomic E-state index is 12.9. The number of fused-ring (bicyclic) bond motifs is 1. The summed E-state index contributed by atoms with van der Waals surface area (Å²) >= 11 is 5.93. The number of aryl methyl sites for hydroxylation is 1. The lowest BCUT2D eigenvalue weighted by Crippen LogP contribution is -2.37. The molecule has 0 radical (unpaired) electrons. The van der Waals surface area contributed by atoms with Crippen LogP contribution in [0.15, 0.2) is 47.4 Å². The minimum atomic E-state index is -3.70. The molecule has 0 unspecified atom stereocenters. The van der Waals surface area contributed by atoms with Crippen molar-refractivity contribution < 1.29 is 13.2 Å². The summed E-state index contributed by atoms with van der Waals surface area (Å²) in [5.74, 6) is -0.0891. The SMILES string of the molecule is Cc1ccccc1S(=O)(=O)N1CCC(=O)c2cc(Cl)ccc21. The van der Waals surface area contributed by atoms with Crippen LogP contribution < -0.4 is 4.31 Å². The fourth-order valence-electron chi connectivity index (χ4n) is 2.62. The zero-order chi connectivity index (χ0) is 15.9. The molecule has 1 aliphatic heterocycles. The smallest absolute Gasteiger partial charge is 0.264 e. The minimum Gasteiger partial charge on any atom is -0.294 e. The molecule has 0 aliphatic carbocycles. The molecule has 0 spiro atoms. The lowest BCUT2D eigenvalue weighted by Gasteiger charge is -2.30. The van der Waals surface area contributed by atoms with Gasteiger partial charge < -0.3 is 0 Å². The van der Waals surface area contributed by atoms with Crippen molar-refractivity contribution in [1.82, 2.24) is 0 Å². The van der Waals surface area contributed by atoms with Crippen LogP contribution in [-0.4, -0.2) is 20.7 Å². The number of nitrogens with zero attached hydrogens (tertiary/aromatic N) is 1. The van der Waals surface area contributed by atoms with E-state index in [9.17, 15) is 13.2 Å². The van der Waals surface area contributed by atoms with E-state index in [2.05, 4.69) is 0 Å². The first-order valence-electron chi connectivity index (χ1n) is 6.82. The van der Waals surface area contributed by atoms with E-state index in [1.807, 2.05) is 0 Å². The molecule has 2 aromatic carbocycles. The van der Waals surface area contributed by atoms with Gasteiger partial charge in [-0.1, -0.05) is 29.8 Å². The van der Waals surface area contributed by atoms with Crippen molar-refractivity contribution in [3.8, 4) is 0 Å². The Bertz CT molecular complexity index is 861. The predicted molar refractivity (Wildman–Crippen MR) is 86.1 cm³/mol. The average Bonchev–Trinajstić information content (AvgIpc) is 2.48. The summed E-state index contributed by atoms with van der Waals surface area (Å²) in [6.07, 6.45) is 0.151. The highest BCUT2D eigenvalue weighted by Gasteiger charge is 2.33. The van der Waals surface area contributed by atoms with Crippen molar-refractivity contribution >= 4 is 33.1 Å². The van der Waals surface area contributed by atoms with Gasteiger partial charge in [0.25, 0.3) is 10.0 Å². The van der Waals surface area contributed by atoms with Crippen molar-refractivity contribution in [3.05, 3.63) is 58.6 Å². The molecule has 0 saturated carbocycles. The van der Waals surface area contributed by atoms with E-state index in [4.69, 9.17) is 11.6 Å². The zero-order valence-corrected chi connectivity index (χ0v) is 13.5. The molecule has 6 heteroatoms. The topological polar surface area (TPSA) is 54.5 Å². The highest BCUT2D eigenvalue weighted by molar-refractivity contribution is 7.92. The van der Waals surface area contributed by atoms with Gasteiger partial charge in [0, 0.05) is 23.6 Å². The maximum Gasteiger partial charge on any atom is 0.264 e. The van der Waals surface area contributed by atoms with Crippen LogP contribution in [0.4, 0.5) is 5.69 Å². The minimum absolute atomic E-state index is 0.0891. The molecule has 1 aliphatic rings. The molecule has 0 amide bonds. The Labute approximate surface area is 134 Å². The molecule has 0 bridgehead atoms. The monoisotopic (exact) mass is 335 g/mol. The van der Waals surface area contributed by atoms with Gasteiger partial charge >= 0.3 is 0 Å². The number of carbonyl (C=O) groups excluding carboxylic acids is 1. The molecule has 0 aromatic heterocycles. The molecular formula is C16H14ClNO3S. The van der Waals surface area contributed by atoms with Crippen molar-refractivity contribution in [3.63, 3.8) is 0 Å². The Hall–Kier alpha value is -1.85. The summed E-state index contributed by atoms with van der Waals surface area (Å²) < 4.78 is 27.2. The van der Waals surface area contributed by atoms with Crippen LogP contribution in [-0.2, 0) is 10.0 Å². The van der Waals surface area contributed by atoms with Gasteiger partial charge in [0.2, 0.25) is 0 Å². The highest BCUT2D eigenvalue weighted by atomic mass is 35.5. The van der Waals surface area contributed by atoms with Gasteiger partial charge in [0.15, 0.2) is 5.78 Å². The van der Waals surface area contributed by atoms with E-state index in [0.717, 1.165) is 0 Å². The number of rotatable bonds is 2. The molecule has 0 fully saturated rings. The summed E-state index contributed by atoms with van der Waals surface area (Å²) in [4.78, 5) is 12.3. The highest BCUT2D eigenvalue weighted by Crippen LogP contribution is 2.34. The third-order valence-electron chi connectivity index (χ3n) is 3.73. The molecule has 3 rings (SSSR count). The number of sulfonamides is 1. The van der Waals surface area contributed by atoms with Crippen LogP contribution in [0.3, 0.4) is 0 Å². The fraction of sp³-hybridized carbons (Fsp3) is 0.188. The van der Waals surface area contributed by atoms with E-state index in [-0.39, 0.29) is 23.6 Å². The standard InChI is InChI=1S/C16H14ClNO3S/c1-11-4-2-3-5-16(11)22(20,21)18-9-8-15(19)13-10-12(17)6-7-14(13)18/h2-7,10H,8-9H2,1H3. The van der Waals surface area contributed by atoms with Gasteiger partial charge in [-0.15, -0.1) is 0 Å². The van der Waals surface area contributed by atoms with Gasteiger partial charge in [-0.05, 0) is 36.8 Å². The van der Waals surface area contributed by atoms with Gasteiger partial charge in [-0.3, -0.25) is 9.10 Å². The summed E-state index contributed by atoms with van der Waals surface area (Å²) in [5.41, 5.74) is 1.43. The molecule has 1 heterocycles. The van der Waals surface area contributed by atoms with Crippen molar-refractivity contribution in [2.45, 2.75) is 18.2 Å². The van der Waals surface area contributed by atoms with Gasteiger partial charge in [0.1, 0.15) is 0 Å². The molecular weight excluding hydrogens is 322 g/mol. The van der Waals surface area contributed by atoms with Crippen LogP contribution in [0.25, 0.3) is 0 Å². The first-order chi connectivity index (χ1) is 10.4. The molecule has 0 saturated heterocycles. The number of carbonyl (C=O) groups is 1. The lowest BCUT2D eigenvalue weighted by molar-refractivity contribution is 0.0982. The Morgan fingerprint density at radius 3 is 2.59 bits per heavy atom.